The van der Waals surface area contributed by atoms with E-state index in [-0.39, 0.29) is 0 Å². The molecule has 3 heteroatoms. The van der Waals surface area contributed by atoms with Crippen molar-refractivity contribution >= 4 is 10.9 Å². The second kappa shape index (κ2) is 7.32. The monoisotopic (exact) mass is 334 g/mol. The molecule has 0 spiro atoms. The summed E-state index contributed by atoms with van der Waals surface area (Å²) in [6, 6.07) is 17.1. The molecule has 1 N–H and O–H groups in total. The fourth-order valence-electron chi connectivity index (χ4n) is 3.95. The van der Waals surface area contributed by atoms with Gasteiger partial charge >= 0.3 is 0 Å². The van der Waals surface area contributed by atoms with E-state index in [2.05, 4.69) is 58.5 Å². The van der Waals surface area contributed by atoms with Crippen LogP contribution in [-0.4, -0.2) is 30.1 Å². The van der Waals surface area contributed by atoms with Gasteiger partial charge in [-0.05, 0) is 67.6 Å². The van der Waals surface area contributed by atoms with Crippen molar-refractivity contribution in [2.24, 2.45) is 5.92 Å². The molecule has 3 aromatic rings. The largest absolute Gasteiger partial charge is 0.497 e. The number of H-pyrrole nitrogens is 1. The lowest BCUT2D eigenvalue weighted by molar-refractivity contribution is 0.177. The zero-order chi connectivity index (χ0) is 17.1. The minimum absolute atomic E-state index is 0.775. The molecular formula is C22H26N2O. The second-order valence-corrected chi connectivity index (χ2v) is 7.13. The van der Waals surface area contributed by atoms with Gasteiger partial charge in [0.1, 0.15) is 5.75 Å². The molecule has 2 aromatic carbocycles. The van der Waals surface area contributed by atoms with Crippen LogP contribution in [0, 0.1) is 5.92 Å². The van der Waals surface area contributed by atoms with Gasteiger partial charge in [-0.25, -0.2) is 0 Å². The summed E-state index contributed by atoms with van der Waals surface area (Å²) < 4.78 is 5.39. The smallest absolute Gasteiger partial charge is 0.119 e. The summed E-state index contributed by atoms with van der Waals surface area (Å²) in [5, 5.41) is 1.31. The van der Waals surface area contributed by atoms with E-state index < -0.39 is 0 Å². The van der Waals surface area contributed by atoms with Gasteiger partial charge in [0.2, 0.25) is 0 Å². The topological polar surface area (TPSA) is 28.3 Å². The molecule has 1 fully saturated rings. The molecule has 130 valence electrons. The Labute approximate surface area is 149 Å². The fourth-order valence-corrected chi connectivity index (χ4v) is 3.95. The average molecular weight is 334 g/mol. The van der Waals surface area contributed by atoms with Crippen molar-refractivity contribution in [2.45, 2.75) is 25.8 Å². The first kappa shape index (κ1) is 16.2. The van der Waals surface area contributed by atoms with E-state index in [1.54, 1.807) is 7.11 Å². The zero-order valence-electron chi connectivity index (χ0n) is 14.9. The number of nitrogens with zero attached hydrogens (tertiary/aromatic N) is 1. The molecule has 25 heavy (non-hydrogen) atoms. The van der Waals surface area contributed by atoms with Crippen LogP contribution >= 0.6 is 0 Å². The molecule has 1 aromatic heterocycles. The van der Waals surface area contributed by atoms with Gasteiger partial charge in [0, 0.05) is 23.6 Å². The van der Waals surface area contributed by atoms with Crippen molar-refractivity contribution in [3.05, 3.63) is 65.9 Å². The zero-order valence-corrected chi connectivity index (χ0v) is 14.9. The van der Waals surface area contributed by atoms with E-state index in [1.807, 2.05) is 6.07 Å². The van der Waals surface area contributed by atoms with E-state index in [0.29, 0.717) is 0 Å². The first-order chi connectivity index (χ1) is 12.3. The maximum atomic E-state index is 5.39. The maximum Gasteiger partial charge on any atom is 0.119 e. The lowest BCUT2D eigenvalue weighted by Gasteiger charge is -2.32. The highest BCUT2D eigenvalue weighted by Crippen LogP contribution is 2.29. The Bertz CT molecular complexity index is 816. The summed E-state index contributed by atoms with van der Waals surface area (Å²) in [5.74, 6) is 1.71. The van der Waals surface area contributed by atoms with Crippen molar-refractivity contribution in [3.8, 4) is 5.75 Å². The van der Waals surface area contributed by atoms with Crippen LogP contribution in [0.1, 0.15) is 24.0 Å². The average Bonchev–Trinajstić information content (AvgIpc) is 3.06. The van der Waals surface area contributed by atoms with Crippen LogP contribution in [0.3, 0.4) is 0 Å². The number of nitrogens with one attached hydrogen (secondary N) is 1. The predicted octanol–water partition coefficient (Wildman–Crippen LogP) is 4.63. The SMILES string of the molecule is COc1ccc2[nH]cc(CC3CCN(Cc4ccccc4)CC3)c2c1. The number of aromatic nitrogens is 1. The highest BCUT2D eigenvalue weighted by atomic mass is 16.5. The third-order valence-electron chi connectivity index (χ3n) is 5.44. The minimum Gasteiger partial charge on any atom is -0.497 e. The van der Waals surface area contributed by atoms with Gasteiger partial charge < -0.3 is 9.72 Å². The number of benzene rings is 2. The molecule has 0 unspecified atom stereocenters. The number of fused-ring (bicyclic) bond motifs is 1. The van der Waals surface area contributed by atoms with E-state index in [9.17, 15) is 0 Å². The predicted molar refractivity (Wildman–Crippen MR) is 103 cm³/mol. The van der Waals surface area contributed by atoms with E-state index in [1.165, 1.54) is 48.0 Å². The molecule has 0 radical (unpaired) electrons. The molecular weight excluding hydrogens is 308 g/mol. The lowest BCUT2D eigenvalue weighted by Crippen LogP contribution is -2.33. The van der Waals surface area contributed by atoms with Gasteiger partial charge in [0.05, 0.1) is 7.11 Å². The summed E-state index contributed by atoms with van der Waals surface area (Å²) in [5.41, 5.74) is 4.05. The maximum absolute atomic E-state index is 5.39. The molecule has 0 bridgehead atoms. The summed E-state index contributed by atoms with van der Waals surface area (Å²) in [6.07, 6.45) is 5.90. The van der Waals surface area contributed by atoms with Gasteiger partial charge in [0.25, 0.3) is 0 Å². The number of aromatic amines is 1. The van der Waals surface area contributed by atoms with Crippen LogP contribution in [0.4, 0.5) is 0 Å². The Kier molecular flexibility index (Phi) is 4.75. The first-order valence-corrected chi connectivity index (χ1v) is 9.22. The number of ether oxygens (including phenoxy) is 1. The van der Waals surface area contributed by atoms with Crippen LogP contribution in [0.15, 0.2) is 54.7 Å². The number of hydrogen-bond acceptors (Lipinski definition) is 2. The van der Waals surface area contributed by atoms with Gasteiger partial charge in [0.15, 0.2) is 0 Å². The third-order valence-corrected chi connectivity index (χ3v) is 5.44. The third kappa shape index (κ3) is 3.72. The van der Waals surface area contributed by atoms with Crippen LogP contribution < -0.4 is 4.74 Å². The summed E-state index contributed by atoms with van der Waals surface area (Å²) in [6.45, 7) is 3.48. The molecule has 0 amide bonds. The molecule has 2 heterocycles. The second-order valence-electron chi connectivity index (χ2n) is 7.13. The number of piperidine rings is 1. The number of methoxy groups -OCH3 is 1. The Morgan fingerprint density at radius 3 is 2.64 bits per heavy atom. The van der Waals surface area contributed by atoms with Gasteiger partial charge in [-0.2, -0.15) is 0 Å². The normalized spacial score (nSPS) is 16.4. The molecule has 1 aliphatic rings. The molecule has 1 saturated heterocycles. The number of hydrogen-bond donors (Lipinski definition) is 1. The molecule has 0 saturated carbocycles. The highest BCUT2D eigenvalue weighted by Gasteiger charge is 2.20. The first-order valence-electron chi connectivity index (χ1n) is 9.22. The van der Waals surface area contributed by atoms with Crippen molar-refractivity contribution < 1.29 is 4.74 Å². The molecule has 1 aliphatic heterocycles. The quantitative estimate of drug-likeness (QED) is 0.737. The van der Waals surface area contributed by atoms with Crippen LogP contribution in [0.2, 0.25) is 0 Å². The summed E-state index contributed by atoms with van der Waals surface area (Å²) in [7, 11) is 1.73. The van der Waals surface area contributed by atoms with Crippen molar-refractivity contribution in [3.63, 3.8) is 0 Å². The van der Waals surface area contributed by atoms with Crippen molar-refractivity contribution in [1.82, 2.24) is 9.88 Å². The minimum atomic E-state index is 0.775. The Morgan fingerprint density at radius 1 is 1.08 bits per heavy atom. The molecule has 3 nitrogen and oxygen atoms in total. The van der Waals surface area contributed by atoms with E-state index in [0.717, 1.165) is 24.6 Å². The van der Waals surface area contributed by atoms with E-state index in [4.69, 9.17) is 4.74 Å². The van der Waals surface area contributed by atoms with Crippen molar-refractivity contribution in [1.29, 1.82) is 0 Å². The van der Waals surface area contributed by atoms with E-state index >= 15 is 0 Å². The fraction of sp³-hybridized carbons (Fsp3) is 0.364. The lowest BCUT2D eigenvalue weighted by atomic mass is 9.90. The number of rotatable bonds is 5. The number of likely N-dealkylation sites (tertiary alicyclic amines) is 1. The molecule has 0 aliphatic carbocycles. The Morgan fingerprint density at radius 2 is 1.88 bits per heavy atom. The van der Waals surface area contributed by atoms with Crippen LogP contribution in [0.5, 0.6) is 5.75 Å². The van der Waals surface area contributed by atoms with Gasteiger partial charge in [-0.1, -0.05) is 30.3 Å². The highest BCUT2D eigenvalue weighted by molar-refractivity contribution is 5.84. The molecule has 0 atom stereocenters. The Hall–Kier alpha value is -2.26. The molecule has 4 rings (SSSR count). The Balaban J connectivity index is 1.37. The van der Waals surface area contributed by atoms with Crippen LogP contribution in [-0.2, 0) is 13.0 Å². The summed E-state index contributed by atoms with van der Waals surface area (Å²) >= 11 is 0. The van der Waals surface area contributed by atoms with Gasteiger partial charge in [-0.15, -0.1) is 0 Å². The van der Waals surface area contributed by atoms with Crippen molar-refractivity contribution in [2.75, 3.05) is 20.2 Å². The standard InChI is InChI=1S/C22H26N2O/c1-25-20-7-8-22-21(14-20)19(15-23-22)13-17-9-11-24(12-10-17)16-18-5-3-2-4-6-18/h2-8,14-15,17,23H,9-13,16H2,1H3. The van der Waals surface area contributed by atoms with Crippen LogP contribution in [0.25, 0.3) is 10.9 Å². The summed E-state index contributed by atoms with van der Waals surface area (Å²) in [4.78, 5) is 5.99. The van der Waals surface area contributed by atoms with Gasteiger partial charge in [-0.3, -0.25) is 4.90 Å².